The number of anilines is 2. The third kappa shape index (κ3) is 4.89. The van der Waals surface area contributed by atoms with E-state index in [0.717, 1.165) is 61.7 Å². The molecule has 0 bridgehead atoms. The normalized spacial score (nSPS) is 14.4. The molecule has 0 saturated carbocycles. The van der Waals surface area contributed by atoms with E-state index in [9.17, 15) is 0 Å². The second kappa shape index (κ2) is 10.1. The number of ether oxygens (including phenoxy) is 3. The van der Waals surface area contributed by atoms with Crippen LogP contribution in [0.25, 0.3) is 10.9 Å². The number of piperazine rings is 1. The summed E-state index contributed by atoms with van der Waals surface area (Å²) in [5.74, 6) is 2.94. The highest BCUT2D eigenvalue weighted by Crippen LogP contribution is 2.33. The van der Waals surface area contributed by atoms with E-state index in [-0.39, 0.29) is 0 Å². The summed E-state index contributed by atoms with van der Waals surface area (Å²) >= 11 is 5.32. The maximum atomic E-state index is 5.45. The van der Waals surface area contributed by atoms with Crippen LogP contribution in [0, 0.1) is 4.77 Å². The molecule has 0 aliphatic carbocycles. The highest BCUT2D eigenvalue weighted by atomic mass is 32.1. The number of fused-ring (bicyclic) bond motifs is 1. The van der Waals surface area contributed by atoms with Crippen molar-refractivity contribution in [1.29, 1.82) is 0 Å². The van der Waals surface area contributed by atoms with Crippen molar-refractivity contribution >= 4 is 34.6 Å². The summed E-state index contributed by atoms with van der Waals surface area (Å²) in [6.07, 6.45) is 0. The molecular weight excluding hydrogens is 426 g/mol. The fourth-order valence-electron chi connectivity index (χ4n) is 3.97. The van der Waals surface area contributed by atoms with Crippen LogP contribution < -0.4 is 24.4 Å². The topological polar surface area (TPSA) is 74.9 Å². The Labute approximate surface area is 193 Å². The molecule has 32 heavy (non-hydrogen) atoms. The average molecular weight is 456 g/mol. The number of H-pyrrole nitrogens is 1. The molecule has 1 aromatic heterocycles. The Hall–Kier alpha value is -3.04. The van der Waals surface area contributed by atoms with Gasteiger partial charge in [0.25, 0.3) is 0 Å². The third-order valence-corrected chi connectivity index (χ3v) is 5.96. The van der Waals surface area contributed by atoms with Crippen LogP contribution in [-0.2, 0) is 0 Å². The Bertz CT molecular complexity index is 1110. The Kier molecular flexibility index (Phi) is 6.96. The first-order valence-electron chi connectivity index (χ1n) is 10.6. The van der Waals surface area contributed by atoms with Crippen LogP contribution in [0.4, 0.5) is 11.5 Å². The van der Waals surface area contributed by atoms with Gasteiger partial charge in [-0.25, -0.2) is 4.98 Å². The standard InChI is InChI=1S/C23H29N5O3S/c1-29-17-6-4-16(5-7-17)28-12-10-27(11-13-28)9-8-24-22-18-14-20(30-2)21(31-3)15-19(18)25-23(32)26-22/h4-7,14-15H,8-13H2,1-3H3,(H2,24,25,26,32). The largest absolute Gasteiger partial charge is 0.497 e. The molecule has 0 spiro atoms. The number of aromatic amines is 1. The number of hydrogen-bond acceptors (Lipinski definition) is 8. The molecule has 9 heteroatoms. The molecule has 0 radical (unpaired) electrons. The highest BCUT2D eigenvalue weighted by Gasteiger charge is 2.17. The van der Waals surface area contributed by atoms with E-state index >= 15 is 0 Å². The molecule has 2 aromatic carbocycles. The number of nitrogens with one attached hydrogen (secondary N) is 2. The zero-order chi connectivity index (χ0) is 22.5. The van der Waals surface area contributed by atoms with Gasteiger partial charge < -0.3 is 29.4 Å². The van der Waals surface area contributed by atoms with Gasteiger partial charge >= 0.3 is 0 Å². The van der Waals surface area contributed by atoms with Crippen LogP contribution in [0.5, 0.6) is 17.2 Å². The van der Waals surface area contributed by atoms with Crippen LogP contribution in [0.2, 0.25) is 0 Å². The number of aromatic nitrogens is 2. The van der Waals surface area contributed by atoms with Crippen LogP contribution in [0.1, 0.15) is 0 Å². The van der Waals surface area contributed by atoms with Gasteiger partial charge in [-0.3, -0.25) is 4.90 Å². The minimum Gasteiger partial charge on any atom is -0.497 e. The molecule has 1 saturated heterocycles. The Morgan fingerprint density at radius 1 is 0.969 bits per heavy atom. The van der Waals surface area contributed by atoms with Crippen LogP contribution in [0.3, 0.4) is 0 Å². The van der Waals surface area contributed by atoms with Gasteiger partial charge in [-0.15, -0.1) is 0 Å². The van der Waals surface area contributed by atoms with Crippen LogP contribution >= 0.6 is 12.2 Å². The molecule has 8 nitrogen and oxygen atoms in total. The predicted octanol–water partition coefficient (Wildman–Crippen LogP) is 3.55. The molecule has 1 aliphatic rings. The SMILES string of the molecule is COc1ccc(N2CCN(CCNc3nc(=S)[nH]c4cc(OC)c(OC)cc34)CC2)cc1. The number of rotatable bonds is 8. The van der Waals surface area contributed by atoms with Crippen molar-refractivity contribution in [3.63, 3.8) is 0 Å². The van der Waals surface area contributed by atoms with Gasteiger partial charge in [-0.05, 0) is 42.5 Å². The summed E-state index contributed by atoms with van der Waals surface area (Å²) in [4.78, 5) is 12.5. The van der Waals surface area contributed by atoms with Gasteiger partial charge in [0.1, 0.15) is 11.6 Å². The van der Waals surface area contributed by atoms with Crippen molar-refractivity contribution in [3.8, 4) is 17.2 Å². The second-order valence-corrected chi connectivity index (χ2v) is 7.98. The van der Waals surface area contributed by atoms with Crippen LogP contribution in [-0.4, -0.2) is 75.5 Å². The highest BCUT2D eigenvalue weighted by molar-refractivity contribution is 7.71. The molecule has 3 aromatic rings. The van der Waals surface area contributed by atoms with Crippen molar-refractivity contribution in [1.82, 2.24) is 14.9 Å². The number of benzene rings is 2. The molecular formula is C23H29N5O3S. The Morgan fingerprint density at radius 3 is 2.31 bits per heavy atom. The van der Waals surface area contributed by atoms with Crippen molar-refractivity contribution < 1.29 is 14.2 Å². The number of nitrogens with zero attached hydrogens (tertiary/aromatic N) is 3. The van der Waals surface area contributed by atoms with Crippen molar-refractivity contribution in [3.05, 3.63) is 41.2 Å². The van der Waals surface area contributed by atoms with E-state index in [0.29, 0.717) is 16.3 Å². The molecule has 4 rings (SSSR count). The maximum absolute atomic E-state index is 5.45. The van der Waals surface area contributed by atoms with Gasteiger partial charge in [0.2, 0.25) is 0 Å². The van der Waals surface area contributed by atoms with Gasteiger partial charge in [0, 0.05) is 56.4 Å². The molecule has 2 N–H and O–H groups in total. The zero-order valence-corrected chi connectivity index (χ0v) is 19.5. The molecule has 0 amide bonds. The minimum atomic E-state index is 0.431. The summed E-state index contributed by atoms with van der Waals surface area (Å²) < 4.78 is 16.5. The first kappa shape index (κ1) is 22.2. The minimum absolute atomic E-state index is 0.431. The van der Waals surface area contributed by atoms with E-state index in [1.165, 1.54) is 5.69 Å². The van der Waals surface area contributed by atoms with Gasteiger partial charge in [-0.1, -0.05) is 0 Å². The summed E-state index contributed by atoms with van der Waals surface area (Å²) in [6.45, 7) is 5.74. The summed E-state index contributed by atoms with van der Waals surface area (Å²) in [5.41, 5.74) is 2.10. The molecule has 0 unspecified atom stereocenters. The second-order valence-electron chi connectivity index (χ2n) is 7.60. The van der Waals surface area contributed by atoms with E-state index in [4.69, 9.17) is 26.4 Å². The molecule has 2 heterocycles. The van der Waals surface area contributed by atoms with Crippen molar-refractivity contribution in [2.24, 2.45) is 0 Å². The Morgan fingerprint density at radius 2 is 1.66 bits per heavy atom. The lowest BCUT2D eigenvalue weighted by Crippen LogP contribution is -2.47. The monoisotopic (exact) mass is 455 g/mol. The third-order valence-electron chi connectivity index (χ3n) is 5.76. The lowest BCUT2D eigenvalue weighted by atomic mass is 10.2. The zero-order valence-electron chi connectivity index (χ0n) is 18.7. The smallest absolute Gasteiger partial charge is 0.199 e. The van der Waals surface area contributed by atoms with Gasteiger partial charge in [0.15, 0.2) is 16.3 Å². The molecule has 1 aliphatic heterocycles. The first-order chi connectivity index (χ1) is 15.6. The quantitative estimate of drug-likeness (QED) is 0.500. The fraction of sp³-hybridized carbons (Fsp3) is 0.391. The van der Waals surface area contributed by atoms with Crippen molar-refractivity contribution in [2.75, 3.05) is 70.8 Å². The number of hydrogen-bond donors (Lipinski definition) is 2. The van der Waals surface area contributed by atoms with Crippen LogP contribution in [0.15, 0.2) is 36.4 Å². The van der Waals surface area contributed by atoms with E-state index in [1.807, 2.05) is 24.3 Å². The first-order valence-corrected chi connectivity index (χ1v) is 11.0. The van der Waals surface area contributed by atoms with E-state index in [2.05, 4.69) is 37.2 Å². The van der Waals surface area contributed by atoms with Gasteiger partial charge in [-0.2, -0.15) is 0 Å². The average Bonchev–Trinajstić information content (AvgIpc) is 2.83. The van der Waals surface area contributed by atoms with Crippen molar-refractivity contribution in [2.45, 2.75) is 0 Å². The molecule has 0 atom stereocenters. The van der Waals surface area contributed by atoms with E-state index in [1.54, 1.807) is 21.3 Å². The molecule has 170 valence electrons. The Balaban J connectivity index is 1.36. The summed E-state index contributed by atoms with van der Waals surface area (Å²) in [7, 11) is 4.94. The van der Waals surface area contributed by atoms with Gasteiger partial charge in [0.05, 0.1) is 26.8 Å². The predicted molar refractivity (Wildman–Crippen MR) is 130 cm³/mol. The molecule has 1 fully saturated rings. The number of methoxy groups -OCH3 is 3. The maximum Gasteiger partial charge on any atom is 0.199 e. The van der Waals surface area contributed by atoms with E-state index < -0.39 is 0 Å². The lowest BCUT2D eigenvalue weighted by Gasteiger charge is -2.36. The fourth-order valence-corrected chi connectivity index (χ4v) is 4.17. The summed E-state index contributed by atoms with van der Waals surface area (Å²) in [5, 5.41) is 4.37. The summed E-state index contributed by atoms with van der Waals surface area (Å²) in [6, 6.07) is 12.1. The lowest BCUT2D eigenvalue weighted by molar-refractivity contribution is 0.267.